The number of Topliss-reactive ketones (excluding diaryl/α,β-unsaturated/α-hetero) is 1. The third kappa shape index (κ3) is 2.27. The van der Waals surface area contributed by atoms with Crippen molar-refractivity contribution >= 4 is 27.5 Å². The summed E-state index contributed by atoms with van der Waals surface area (Å²) in [5.74, 6) is -0.112. The van der Waals surface area contributed by atoms with Gasteiger partial charge < -0.3 is 9.15 Å². The first-order chi connectivity index (χ1) is 12.7. The molecule has 1 saturated heterocycles. The summed E-state index contributed by atoms with van der Waals surface area (Å²) in [6.45, 7) is 0. The van der Waals surface area contributed by atoms with Crippen LogP contribution >= 0.6 is 0 Å². The first kappa shape index (κ1) is 15.0. The number of ether oxygens (including phenoxy) is 1. The highest BCUT2D eigenvalue weighted by molar-refractivity contribution is 6.11. The van der Waals surface area contributed by atoms with Crippen LogP contribution in [-0.2, 0) is 4.74 Å². The highest BCUT2D eigenvalue weighted by Gasteiger charge is 2.48. The van der Waals surface area contributed by atoms with Gasteiger partial charge in [-0.25, -0.2) is 0 Å². The van der Waals surface area contributed by atoms with Gasteiger partial charge in [0.1, 0.15) is 18.0 Å². The van der Waals surface area contributed by atoms with Crippen LogP contribution in [-0.4, -0.2) is 11.9 Å². The normalized spacial score (nSPS) is 18.9. The summed E-state index contributed by atoms with van der Waals surface area (Å²) >= 11 is 0. The summed E-state index contributed by atoms with van der Waals surface area (Å²) in [5.41, 5.74) is 1.38. The highest BCUT2D eigenvalue weighted by atomic mass is 16.6. The van der Waals surface area contributed by atoms with Crippen molar-refractivity contribution in [3.63, 3.8) is 0 Å². The van der Waals surface area contributed by atoms with Crippen LogP contribution < -0.4 is 5.43 Å². The monoisotopic (exact) mass is 342 g/mol. The zero-order valence-corrected chi connectivity index (χ0v) is 13.7. The van der Waals surface area contributed by atoms with Gasteiger partial charge in [0.05, 0.1) is 10.9 Å². The quantitative estimate of drug-likeness (QED) is 0.412. The predicted octanol–water partition coefficient (Wildman–Crippen LogP) is 4.27. The third-order valence-electron chi connectivity index (χ3n) is 4.82. The van der Waals surface area contributed by atoms with Crippen molar-refractivity contribution in [1.82, 2.24) is 0 Å². The zero-order valence-electron chi connectivity index (χ0n) is 13.7. The maximum Gasteiger partial charge on any atom is 0.198 e. The van der Waals surface area contributed by atoms with Gasteiger partial charge in [0.25, 0.3) is 0 Å². The molecule has 1 fully saturated rings. The number of rotatable bonds is 3. The molecule has 4 heteroatoms. The van der Waals surface area contributed by atoms with Crippen LogP contribution in [0.15, 0.2) is 82.2 Å². The maximum atomic E-state index is 12.9. The predicted molar refractivity (Wildman–Crippen MR) is 98.4 cm³/mol. The Morgan fingerprint density at radius 2 is 1.58 bits per heavy atom. The van der Waals surface area contributed by atoms with E-state index in [0.29, 0.717) is 22.1 Å². The number of ketones is 1. The van der Waals surface area contributed by atoms with E-state index < -0.39 is 12.2 Å². The molecule has 1 aliphatic rings. The summed E-state index contributed by atoms with van der Waals surface area (Å²) in [4.78, 5) is 25.6. The minimum Gasteiger partial charge on any atom is -0.464 e. The zero-order chi connectivity index (χ0) is 17.7. The standard InChI is InChI=1S/C22H14O4/c23-19-16-9-3-4-11-18(16)25-12-17(19)21-22(26-21)20(24)15-10-5-7-13-6-1-2-8-14(13)15/h1-12,21-22H/t21-,22+/m1/s1. The molecule has 4 nitrogen and oxygen atoms in total. The molecule has 0 aliphatic carbocycles. The van der Waals surface area contributed by atoms with Crippen LogP contribution in [0.25, 0.3) is 21.7 Å². The fourth-order valence-corrected chi connectivity index (χ4v) is 3.43. The molecule has 0 radical (unpaired) electrons. The Kier molecular flexibility index (Phi) is 3.27. The minimum atomic E-state index is -0.648. The van der Waals surface area contributed by atoms with Crippen molar-refractivity contribution in [3.8, 4) is 0 Å². The molecule has 126 valence electrons. The minimum absolute atomic E-state index is 0.112. The van der Waals surface area contributed by atoms with E-state index in [0.717, 1.165) is 10.8 Å². The van der Waals surface area contributed by atoms with Gasteiger partial charge in [-0.3, -0.25) is 9.59 Å². The van der Waals surface area contributed by atoms with E-state index in [1.807, 2.05) is 42.5 Å². The molecule has 1 aliphatic heterocycles. The van der Waals surface area contributed by atoms with Gasteiger partial charge in [0.2, 0.25) is 0 Å². The van der Waals surface area contributed by atoms with Crippen LogP contribution in [0.3, 0.4) is 0 Å². The Labute approximate surface area is 148 Å². The van der Waals surface area contributed by atoms with Crippen molar-refractivity contribution in [2.75, 3.05) is 0 Å². The second kappa shape index (κ2) is 5.64. The van der Waals surface area contributed by atoms with E-state index in [1.165, 1.54) is 6.26 Å². The lowest BCUT2D eigenvalue weighted by atomic mass is 9.97. The second-order valence-corrected chi connectivity index (χ2v) is 6.38. The number of benzene rings is 3. The SMILES string of the molecule is O=C(c1cccc2ccccc12)[C@@H]1O[C@@H]1c1coc2ccccc2c1=O. The molecule has 0 bridgehead atoms. The van der Waals surface area contributed by atoms with Gasteiger partial charge in [-0.1, -0.05) is 54.6 Å². The molecule has 1 aromatic heterocycles. The lowest BCUT2D eigenvalue weighted by Gasteiger charge is -2.04. The molecule has 2 atom stereocenters. The molecule has 0 saturated carbocycles. The number of hydrogen-bond donors (Lipinski definition) is 0. The molecule has 5 rings (SSSR count). The highest BCUT2D eigenvalue weighted by Crippen LogP contribution is 2.40. The topological polar surface area (TPSA) is 59.8 Å². The molecule has 0 spiro atoms. The number of fused-ring (bicyclic) bond motifs is 2. The molecule has 0 N–H and O–H groups in total. The Morgan fingerprint density at radius 1 is 0.846 bits per heavy atom. The first-order valence-electron chi connectivity index (χ1n) is 8.42. The Bertz CT molecular complexity index is 1220. The smallest absolute Gasteiger partial charge is 0.198 e. The second-order valence-electron chi connectivity index (χ2n) is 6.38. The Hall–Kier alpha value is -3.24. The summed E-state index contributed by atoms with van der Waals surface area (Å²) in [6.07, 6.45) is 0.207. The molecule has 2 heterocycles. The van der Waals surface area contributed by atoms with E-state index in [2.05, 4.69) is 0 Å². The van der Waals surface area contributed by atoms with Crippen molar-refractivity contribution < 1.29 is 13.9 Å². The summed E-state index contributed by atoms with van der Waals surface area (Å²) < 4.78 is 11.1. The third-order valence-corrected chi connectivity index (χ3v) is 4.82. The van der Waals surface area contributed by atoms with Gasteiger partial charge in [-0.15, -0.1) is 0 Å². The van der Waals surface area contributed by atoms with Crippen LogP contribution in [0.5, 0.6) is 0 Å². The lowest BCUT2D eigenvalue weighted by Crippen LogP contribution is -2.13. The summed E-state index contributed by atoms with van der Waals surface area (Å²) in [7, 11) is 0. The average Bonchev–Trinajstić information content (AvgIpc) is 3.48. The van der Waals surface area contributed by atoms with Crippen LogP contribution in [0, 0.1) is 0 Å². The van der Waals surface area contributed by atoms with Crippen LogP contribution in [0.4, 0.5) is 0 Å². The first-order valence-corrected chi connectivity index (χ1v) is 8.42. The van der Waals surface area contributed by atoms with Crippen LogP contribution in [0.2, 0.25) is 0 Å². The molecule has 4 aromatic rings. The fraction of sp³-hybridized carbons (Fsp3) is 0.0909. The van der Waals surface area contributed by atoms with Gasteiger partial charge >= 0.3 is 0 Å². The van der Waals surface area contributed by atoms with Crippen molar-refractivity contribution in [1.29, 1.82) is 0 Å². The molecular weight excluding hydrogens is 328 g/mol. The summed E-state index contributed by atoms with van der Waals surface area (Å²) in [6, 6.07) is 20.4. The van der Waals surface area contributed by atoms with E-state index >= 15 is 0 Å². The molecule has 26 heavy (non-hydrogen) atoms. The van der Waals surface area contributed by atoms with Crippen molar-refractivity contribution in [2.45, 2.75) is 12.2 Å². The van der Waals surface area contributed by atoms with Crippen LogP contribution in [0.1, 0.15) is 22.0 Å². The number of epoxide rings is 1. The fourth-order valence-electron chi connectivity index (χ4n) is 3.43. The lowest BCUT2D eigenvalue weighted by molar-refractivity contribution is 0.0955. The van der Waals surface area contributed by atoms with E-state index in [9.17, 15) is 9.59 Å². The van der Waals surface area contributed by atoms with E-state index in [1.54, 1.807) is 24.3 Å². The number of carbonyl (C=O) groups is 1. The maximum absolute atomic E-state index is 12.9. The number of carbonyl (C=O) groups excluding carboxylic acids is 1. The number of para-hydroxylation sites is 1. The molecule has 0 amide bonds. The molecule has 3 aromatic carbocycles. The van der Waals surface area contributed by atoms with Crippen molar-refractivity contribution in [2.24, 2.45) is 0 Å². The Morgan fingerprint density at radius 3 is 2.46 bits per heavy atom. The average molecular weight is 342 g/mol. The largest absolute Gasteiger partial charge is 0.464 e. The van der Waals surface area contributed by atoms with Gasteiger partial charge in [0, 0.05) is 5.56 Å². The van der Waals surface area contributed by atoms with E-state index in [-0.39, 0.29) is 11.2 Å². The van der Waals surface area contributed by atoms with Gasteiger partial charge in [0.15, 0.2) is 17.3 Å². The van der Waals surface area contributed by atoms with E-state index in [4.69, 9.17) is 9.15 Å². The van der Waals surface area contributed by atoms with Crippen molar-refractivity contribution in [3.05, 3.63) is 94.3 Å². The van der Waals surface area contributed by atoms with Gasteiger partial charge in [-0.05, 0) is 22.9 Å². The Balaban J connectivity index is 1.52. The number of hydrogen-bond acceptors (Lipinski definition) is 4. The summed E-state index contributed by atoms with van der Waals surface area (Å²) in [5, 5.41) is 2.39. The molecule has 0 unspecified atom stereocenters. The van der Waals surface area contributed by atoms with Gasteiger partial charge in [-0.2, -0.15) is 0 Å². The molecular formula is C22H14O4.